The van der Waals surface area contributed by atoms with E-state index in [1.54, 1.807) is 6.07 Å². The fourth-order valence-corrected chi connectivity index (χ4v) is 1.02. The highest BCUT2D eigenvalue weighted by Crippen LogP contribution is 2.12. The Kier molecular flexibility index (Phi) is 5.00. The normalized spacial score (nSPS) is 11.4. The van der Waals surface area contributed by atoms with Gasteiger partial charge in [0.05, 0.1) is 18.4 Å². The maximum atomic E-state index is 8.56. The minimum atomic E-state index is -0.0682. The standard InChI is InChI=1S/C9H14N4O3/c1-2-15-5-6-16-9-7(8(10)13-14)3-4-11-12-9/h3-4,14H,2,5-6H2,1H3,(H2,10,13). The summed E-state index contributed by atoms with van der Waals surface area (Å²) < 4.78 is 10.4. The molecule has 0 saturated carbocycles. The Labute approximate surface area is 92.9 Å². The summed E-state index contributed by atoms with van der Waals surface area (Å²) in [5, 5.41) is 18.8. The zero-order valence-corrected chi connectivity index (χ0v) is 8.96. The van der Waals surface area contributed by atoms with E-state index >= 15 is 0 Å². The second-order valence-corrected chi connectivity index (χ2v) is 2.78. The zero-order valence-electron chi connectivity index (χ0n) is 8.96. The van der Waals surface area contributed by atoms with Gasteiger partial charge in [-0.3, -0.25) is 0 Å². The molecule has 0 aliphatic carbocycles. The summed E-state index contributed by atoms with van der Waals surface area (Å²) in [6, 6.07) is 1.55. The van der Waals surface area contributed by atoms with Crippen LogP contribution in [0.5, 0.6) is 5.88 Å². The maximum Gasteiger partial charge on any atom is 0.244 e. The smallest absolute Gasteiger partial charge is 0.244 e. The van der Waals surface area contributed by atoms with Crippen molar-refractivity contribution in [3.05, 3.63) is 17.8 Å². The van der Waals surface area contributed by atoms with Gasteiger partial charge in [0.15, 0.2) is 5.84 Å². The molecule has 88 valence electrons. The quantitative estimate of drug-likeness (QED) is 0.232. The maximum absolute atomic E-state index is 8.56. The molecular formula is C9H14N4O3. The summed E-state index contributed by atoms with van der Waals surface area (Å²) in [5.41, 5.74) is 5.84. The van der Waals surface area contributed by atoms with Gasteiger partial charge in [-0.25, -0.2) is 0 Å². The molecule has 1 rings (SSSR count). The van der Waals surface area contributed by atoms with Crippen LogP contribution in [-0.2, 0) is 4.74 Å². The van der Waals surface area contributed by atoms with Crippen LogP contribution in [0.2, 0.25) is 0 Å². The Morgan fingerprint density at radius 1 is 1.56 bits per heavy atom. The van der Waals surface area contributed by atoms with E-state index in [2.05, 4.69) is 15.4 Å². The van der Waals surface area contributed by atoms with Crippen molar-refractivity contribution >= 4 is 5.84 Å². The minimum absolute atomic E-state index is 0.0682. The average Bonchev–Trinajstić information content (AvgIpc) is 2.34. The number of rotatable bonds is 6. The summed E-state index contributed by atoms with van der Waals surface area (Å²) in [6.07, 6.45) is 1.43. The molecule has 0 unspecified atom stereocenters. The molecule has 0 saturated heterocycles. The summed E-state index contributed by atoms with van der Waals surface area (Å²) in [5.74, 6) is 0.152. The molecule has 0 aliphatic heterocycles. The average molecular weight is 226 g/mol. The molecule has 3 N–H and O–H groups in total. The first kappa shape index (κ1) is 12.2. The van der Waals surface area contributed by atoms with Crippen LogP contribution in [0.4, 0.5) is 0 Å². The van der Waals surface area contributed by atoms with E-state index in [1.165, 1.54) is 6.20 Å². The van der Waals surface area contributed by atoms with Crippen molar-refractivity contribution in [1.82, 2.24) is 10.2 Å². The Hall–Kier alpha value is -1.89. The van der Waals surface area contributed by atoms with Crippen LogP contribution in [0.25, 0.3) is 0 Å². The first-order chi connectivity index (χ1) is 7.79. The topological polar surface area (TPSA) is 103 Å². The van der Waals surface area contributed by atoms with Crippen LogP contribution in [0.1, 0.15) is 12.5 Å². The number of hydrogen-bond donors (Lipinski definition) is 2. The van der Waals surface area contributed by atoms with Crippen molar-refractivity contribution in [2.75, 3.05) is 19.8 Å². The lowest BCUT2D eigenvalue weighted by molar-refractivity contribution is 0.108. The number of nitrogens with zero attached hydrogens (tertiary/aromatic N) is 3. The van der Waals surface area contributed by atoms with Gasteiger partial charge in [0.1, 0.15) is 6.61 Å². The summed E-state index contributed by atoms with van der Waals surface area (Å²) in [4.78, 5) is 0. The van der Waals surface area contributed by atoms with Gasteiger partial charge in [0.2, 0.25) is 5.88 Å². The predicted octanol–water partition coefficient (Wildman–Crippen LogP) is -0.0136. The Balaban J connectivity index is 2.64. The largest absolute Gasteiger partial charge is 0.474 e. The second kappa shape index (κ2) is 6.57. The van der Waals surface area contributed by atoms with Crippen molar-refractivity contribution in [1.29, 1.82) is 0 Å². The highest BCUT2D eigenvalue weighted by molar-refractivity contribution is 5.98. The lowest BCUT2D eigenvalue weighted by Crippen LogP contribution is -2.17. The van der Waals surface area contributed by atoms with Crippen molar-refractivity contribution < 1.29 is 14.7 Å². The van der Waals surface area contributed by atoms with Crippen molar-refractivity contribution in [2.24, 2.45) is 10.9 Å². The number of oxime groups is 1. The van der Waals surface area contributed by atoms with Gasteiger partial charge >= 0.3 is 0 Å². The van der Waals surface area contributed by atoms with E-state index in [9.17, 15) is 0 Å². The molecule has 0 amide bonds. The zero-order chi connectivity index (χ0) is 11.8. The van der Waals surface area contributed by atoms with Crippen LogP contribution in [0.15, 0.2) is 17.4 Å². The molecule has 0 aromatic carbocycles. The molecule has 7 heteroatoms. The van der Waals surface area contributed by atoms with Gasteiger partial charge in [0, 0.05) is 6.61 Å². The predicted molar refractivity (Wildman–Crippen MR) is 56.5 cm³/mol. The lowest BCUT2D eigenvalue weighted by Gasteiger charge is -2.07. The Morgan fingerprint density at radius 2 is 2.38 bits per heavy atom. The van der Waals surface area contributed by atoms with E-state index in [1.807, 2.05) is 6.92 Å². The molecule has 7 nitrogen and oxygen atoms in total. The molecule has 0 spiro atoms. The van der Waals surface area contributed by atoms with Gasteiger partial charge in [-0.15, -0.1) is 5.10 Å². The first-order valence-corrected chi connectivity index (χ1v) is 4.79. The van der Waals surface area contributed by atoms with Gasteiger partial charge in [-0.1, -0.05) is 5.16 Å². The molecule has 0 aliphatic rings. The molecule has 0 atom stereocenters. The third kappa shape index (κ3) is 3.35. The molecular weight excluding hydrogens is 212 g/mol. The lowest BCUT2D eigenvalue weighted by atomic mass is 10.3. The second-order valence-electron chi connectivity index (χ2n) is 2.78. The number of nitrogens with two attached hydrogens (primary N) is 1. The summed E-state index contributed by atoms with van der Waals surface area (Å²) in [6.45, 7) is 3.29. The number of hydrogen-bond acceptors (Lipinski definition) is 6. The third-order valence-corrected chi connectivity index (χ3v) is 1.74. The van der Waals surface area contributed by atoms with Crippen LogP contribution in [0.3, 0.4) is 0 Å². The van der Waals surface area contributed by atoms with Crippen LogP contribution in [0, 0.1) is 0 Å². The van der Waals surface area contributed by atoms with Gasteiger partial charge in [-0.2, -0.15) is 5.10 Å². The van der Waals surface area contributed by atoms with Crippen molar-refractivity contribution in [3.63, 3.8) is 0 Å². The van der Waals surface area contributed by atoms with Gasteiger partial charge in [0.25, 0.3) is 0 Å². The fraction of sp³-hybridized carbons (Fsp3) is 0.444. The monoisotopic (exact) mass is 226 g/mol. The van der Waals surface area contributed by atoms with Crippen molar-refractivity contribution in [3.8, 4) is 5.88 Å². The third-order valence-electron chi connectivity index (χ3n) is 1.74. The molecule has 0 radical (unpaired) electrons. The Morgan fingerprint density at radius 3 is 3.06 bits per heavy atom. The molecule has 0 fully saturated rings. The van der Waals surface area contributed by atoms with E-state index in [0.29, 0.717) is 25.4 Å². The summed E-state index contributed by atoms with van der Waals surface area (Å²) >= 11 is 0. The number of ether oxygens (including phenoxy) is 2. The van der Waals surface area contributed by atoms with Gasteiger partial charge < -0.3 is 20.4 Å². The van der Waals surface area contributed by atoms with E-state index in [0.717, 1.165) is 0 Å². The SMILES string of the molecule is CCOCCOc1nnccc1/C(N)=N/O. The van der Waals surface area contributed by atoms with E-state index in [4.69, 9.17) is 20.4 Å². The minimum Gasteiger partial charge on any atom is -0.474 e. The highest BCUT2D eigenvalue weighted by atomic mass is 16.5. The van der Waals surface area contributed by atoms with Crippen molar-refractivity contribution in [2.45, 2.75) is 6.92 Å². The molecule has 1 heterocycles. The fourth-order valence-electron chi connectivity index (χ4n) is 1.02. The van der Waals surface area contributed by atoms with Gasteiger partial charge in [-0.05, 0) is 13.0 Å². The first-order valence-electron chi connectivity index (χ1n) is 4.79. The van der Waals surface area contributed by atoms with Crippen LogP contribution in [-0.4, -0.2) is 41.1 Å². The molecule has 1 aromatic heterocycles. The van der Waals surface area contributed by atoms with E-state index < -0.39 is 0 Å². The van der Waals surface area contributed by atoms with E-state index in [-0.39, 0.29) is 11.7 Å². The Bertz CT molecular complexity index is 356. The van der Waals surface area contributed by atoms with Crippen LogP contribution >= 0.6 is 0 Å². The molecule has 16 heavy (non-hydrogen) atoms. The molecule has 0 bridgehead atoms. The summed E-state index contributed by atoms with van der Waals surface area (Å²) in [7, 11) is 0. The molecule has 1 aromatic rings. The number of aromatic nitrogens is 2. The number of amidine groups is 1. The van der Waals surface area contributed by atoms with Crippen LogP contribution < -0.4 is 10.5 Å². The highest BCUT2D eigenvalue weighted by Gasteiger charge is 2.09.